The van der Waals surface area contributed by atoms with Crippen LogP contribution in [-0.4, -0.2) is 5.84 Å². The number of hydrogen-bond donors (Lipinski definition) is 2. The number of nitrogens with two attached hydrogens (primary N) is 2. The standard InChI is InChI=1S/C20H17N3S/c21-19(13-7-2-1-3-8-13)23-20(22)15-10-6-12-17-18(15)14-9-4-5-11-16(14)24-17/h1-12,20H,22H2,(H2,21,23). The second-order valence-corrected chi connectivity index (χ2v) is 6.73. The summed E-state index contributed by atoms with van der Waals surface area (Å²) in [7, 11) is 0. The minimum atomic E-state index is -0.494. The molecular formula is C20H17N3S. The molecular weight excluding hydrogens is 314 g/mol. The van der Waals surface area contributed by atoms with Crippen LogP contribution in [0.4, 0.5) is 0 Å². The van der Waals surface area contributed by atoms with Gasteiger partial charge in [-0.25, -0.2) is 4.99 Å². The molecule has 4 rings (SSSR count). The highest BCUT2D eigenvalue weighted by Gasteiger charge is 2.14. The third kappa shape index (κ3) is 2.56. The van der Waals surface area contributed by atoms with Crippen LogP contribution in [0.1, 0.15) is 17.3 Å². The minimum Gasteiger partial charge on any atom is -0.383 e. The number of nitrogens with zero attached hydrogens (tertiary/aromatic N) is 1. The molecule has 1 atom stereocenters. The van der Waals surface area contributed by atoms with E-state index in [2.05, 4.69) is 35.3 Å². The molecule has 4 N–H and O–H groups in total. The maximum Gasteiger partial charge on any atom is 0.127 e. The molecule has 0 aliphatic rings. The number of fused-ring (bicyclic) bond motifs is 3. The maximum atomic E-state index is 6.39. The molecule has 0 spiro atoms. The number of benzene rings is 3. The summed E-state index contributed by atoms with van der Waals surface area (Å²) in [5.74, 6) is 0.458. The van der Waals surface area contributed by atoms with Gasteiger partial charge in [-0.15, -0.1) is 11.3 Å². The summed E-state index contributed by atoms with van der Waals surface area (Å²) in [5, 5.41) is 2.40. The van der Waals surface area contributed by atoms with Crippen molar-refractivity contribution >= 4 is 37.3 Å². The smallest absolute Gasteiger partial charge is 0.127 e. The first-order valence-corrected chi connectivity index (χ1v) is 8.60. The predicted molar refractivity (Wildman–Crippen MR) is 103 cm³/mol. The van der Waals surface area contributed by atoms with Gasteiger partial charge < -0.3 is 11.5 Å². The molecule has 4 heteroatoms. The van der Waals surface area contributed by atoms with E-state index in [9.17, 15) is 0 Å². The average Bonchev–Trinajstić information content (AvgIpc) is 3.01. The van der Waals surface area contributed by atoms with Gasteiger partial charge in [-0.2, -0.15) is 0 Å². The molecule has 24 heavy (non-hydrogen) atoms. The molecule has 0 fully saturated rings. The Bertz CT molecular complexity index is 1030. The lowest BCUT2D eigenvalue weighted by Gasteiger charge is -2.11. The van der Waals surface area contributed by atoms with Crippen LogP contribution in [0.2, 0.25) is 0 Å². The Hall–Kier alpha value is -2.69. The number of hydrogen-bond acceptors (Lipinski definition) is 3. The van der Waals surface area contributed by atoms with Crippen molar-refractivity contribution in [3.63, 3.8) is 0 Å². The molecule has 1 heterocycles. The minimum absolute atomic E-state index is 0.458. The van der Waals surface area contributed by atoms with Gasteiger partial charge in [-0.3, -0.25) is 0 Å². The predicted octanol–water partition coefficient (Wildman–Crippen LogP) is 4.42. The van der Waals surface area contributed by atoms with Gasteiger partial charge in [-0.1, -0.05) is 60.7 Å². The molecule has 0 amide bonds. The normalized spacial score (nSPS) is 13.5. The monoisotopic (exact) mass is 331 g/mol. The van der Waals surface area contributed by atoms with E-state index in [4.69, 9.17) is 11.5 Å². The van der Waals surface area contributed by atoms with Crippen molar-refractivity contribution in [3.8, 4) is 0 Å². The molecule has 0 aliphatic carbocycles. The first-order chi connectivity index (χ1) is 11.7. The molecule has 0 aliphatic heterocycles. The van der Waals surface area contributed by atoms with E-state index in [1.165, 1.54) is 20.2 Å². The number of amidine groups is 1. The third-order valence-corrected chi connectivity index (χ3v) is 5.24. The lowest BCUT2D eigenvalue weighted by molar-refractivity contribution is 0.783. The van der Waals surface area contributed by atoms with E-state index < -0.39 is 6.17 Å². The van der Waals surface area contributed by atoms with Crippen molar-refractivity contribution in [2.45, 2.75) is 6.17 Å². The van der Waals surface area contributed by atoms with E-state index >= 15 is 0 Å². The molecule has 1 unspecified atom stereocenters. The van der Waals surface area contributed by atoms with Gasteiger partial charge >= 0.3 is 0 Å². The van der Waals surface area contributed by atoms with Gasteiger partial charge in [0.2, 0.25) is 0 Å². The zero-order chi connectivity index (χ0) is 16.5. The van der Waals surface area contributed by atoms with Crippen LogP contribution >= 0.6 is 11.3 Å². The summed E-state index contributed by atoms with van der Waals surface area (Å²) in [6.07, 6.45) is -0.494. The van der Waals surface area contributed by atoms with E-state index in [1.54, 1.807) is 11.3 Å². The van der Waals surface area contributed by atoms with Gasteiger partial charge in [0.15, 0.2) is 0 Å². The van der Waals surface area contributed by atoms with Crippen molar-refractivity contribution in [3.05, 3.63) is 83.9 Å². The Balaban J connectivity index is 1.84. The number of thiophene rings is 1. The summed E-state index contributed by atoms with van der Waals surface area (Å²) in [6.45, 7) is 0. The van der Waals surface area contributed by atoms with Crippen molar-refractivity contribution < 1.29 is 0 Å². The molecule has 3 nitrogen and oxygen atoms in total. The van der Waals surface area contributed by atoms with Gasteiger partial charge in [0.1, 0.15) is 12.0 Å². The van der Waals surface area contributed by atoms with Crippen molar-refractivity contribution in [1.29, 1.82) is 0 Å². The Morgan fingerprint density at radius 2 is 1.54 bits per heavy atom. The van der Waals surface area contributed by atoms with Crippen LogP contribution in [0, 0.1) is 0 Å². The third-order valence-electron chi connectivity index (χ3n) is 4.10. The molecule has 0 bridgehead atoms. The van der Waals surface area contributed by atoms with Crippen LogP contribution in [0.3, 0.4) is 0 Å². The van der Waals surface area contributed by atoms with Crippen molar-refractivity contribution in [2.75, 3.05) is 0 Å². The van der Waals surface area contributed by atoms with Crippen molar-refractivity contribution in [2.24, 2.45) is 16.5 Å². The zero-order valence-corrected chi connectivity index (χ0v) is 13.8. The molecule has 4 aromatic rings. The van der Waals surface area contributed by atoms with E-state index in [-0.39, 0.29) is 0 Å². The molecule has 118 valence electrons. The zero-order valence-electron chi connectivity index (χ0n) is 13.0. The first-order valence-electron chi connectivity index (χ1n) is 7.78. The quantitative estimate of drug-likeness (QED) is 0.431. The second kappa shape index (κ2) is 6.07. The van der Waals surface area contributed by atoms with Gasteiger partial charge in [0.25, 0.3) is 0 Å². The molecule has 3 aromatic carbocycles. The number of aliphatic imine (C=N–C) groups is 1. The maximum absolute atomic E-state index is 6.39. The highest BCUT2D eigenvalue weighted by Crippen LogP contribution is 2.37. The van der Waals surface area contributed by atoms with Crippen molar-refractivity contribution in [1.82, 2.24) is 0 Å². The molecule has 0 saturated carbocycles. The molecule has 0 radical (unpaired) electrons. The van der Waals surface area contributed by atoms with Crippen LogP contribution in [0.15, 0.2) is 77.8 Å². The fourth-order valence-corrected chi connectivity index (χ4v) is 4.09. The fraction of sp³-hybridized carbons (Fsp3) is 0.0500. The van der Waals surface area contributed by atoms with Crippen LogP contribution in [0.5, 0.6) is 0 Å². The van der Waals surface area contributed by atoms with Gasteiger partial charge in [-0.05, 0) is 17.7 Å². The number of rotatable bonds is 3. The van der Waals surface area contributed by atoms with E-state index in [0.717, 1.165) is 11.1 Å². The summed E-state index contributed by atoms with van der Waals surface area (Å²) < 4.78 is 2.48. The first kappa shape index (κ1) is 14.9. The average molecular weight is 331 g/mol. The Labute approximate surface area is 144 Å². The largest absolute Gasteiger partial charge is 0.383 e. The summed E-state index contributed by atoms with van der Waals surface area (Å²) in [5.41, 5.74) is 14.4. The molecule has 1 aromatic heterocycles. The fourth-order valence-electron chi connectivity index (χ4n) is 2.95. The topological polar surface area (TPSA) is 64.4 Å². The summed E-state index contributed by atoms with van der Waals surface area (Å²) >= 11 is 1.77. The SMILES string of the molecule is NC(=NC(N)c1cccc2sc3ccccc3c12)c1ccccc1. The highest BCUT2D eigenvalue weighted by atomic mass is 32.1. The Morgan fingerprint density at radius 1 is 0.833 bits per heavy atom. The lowest BCUT2D eigenvalue weighted by atomic mass is 10.0. The van der Waals surface area contributed by atoms with Crippen LogP contribution in [0.25, 0.3) is 20.2 Å². The van der Waals surface area contributed by atoms with E-state index in [0.29, 0.717) is 5.84 Å². The summed E-state index contributed by atoms with van der Waals surface area (Å²) in [4.78, 5) is 4.53. The lowest BCUT2D eigenvalue weighted by Crippen LogP contribution is -2.18. The van der Waals surface area contributed by atoms with Gasteiger partial charge in [0.05, 0.1) is 0 Å². The molecule has 0 saturated heterocycles. The summed E-state index contributed by atoms with van der Waals surface area (Å²) in [6, 6.07) is 24.3. The van der Waals surface area contributed by atoms with Crippen LogP contribution in [-0.2, 0) is 0 Å². The highest BCUT2D eigenvalue weighted by molar-refractivity contribution is 7.25. The Morgan fingerprint density at radius 3 is 2.38 bits per heavy atom. The second-order valence-electron chi connectivity index (χ2n) is 5.64. The Kier molecular flexibility index (Phi) is 3.76. The van der Waals surface area contributed by atoms with Crippen LogP contribution < -0.4 is 11.5 Å². The van der Waals surface area contributed by atoms with E-state index in [1.807, 2.05) is 42.5 Å². The van der Waals surface area contributed by atoms with Gasteiger partial charge in [0, 0.05) is 25.7 Å².